The Hall–Kier alpha value is -2.96. The molecular weight excluding hydrogens is 423 g/mol. The van der Waals surface area contributed by atoms with Crippen LogP contribution in [-0.4, -0.2) is 21.8 Å². The van der Waals surface area contributed by atoms with E-state index in [-0.39, 0.29) is 11.8 Å². The monoisotopic (exact) mass is 442 g/mol. The number of nitrogens with zero attached hydrogens (tertiary/aromatic N) is 2. The summed E-state index contributed by atoms with van der Waals surface area (Å²) in [5.41, 5.74) is 4.03. The van der Waals surface area contributed by atoms with E-state index in [1.165, 1.54) is 0 Å². The fourth-order valence-electron chi connectivity index (χ4n) is 2.87. The van der Waals surface area contributed by atoms with Crippen molar-refractivity contribution in [1.29, 1.82) is 0 Å². The van der Waals surface area contributed by atoms with Crippen LogP contribution in [0.25, 0.3) is 0 Å². The third kappa shape index (κ3) is 5.55. The number of aryl methyl sites for hydroxylation is 2. The minimum atomic E-state index is -0.208. The van der Waals surface area contributed by atoms with E-state index < -0.39 is 0 Å². The second kappa shape index (κ2) is 9.69. The Morgan fingerprint density at radius 2 is 1.07 bits per heavy atom. The van der Waals surface area contributed by atoms with Gasteiger partial charge in [0.05, 0.1) is 22.5 Å². The summed E-state index contributed by atoms with van der Waals surface area (Å²) in [6.45, 7) is 4.24. The number of amides is 2. The molecule has 0 aliphatic heterocycles. The second-order valence-corrected chi connectivity index (χ2v) is 7.49. The maximum atomic E-state index is 12.3. The molecule has 154 valence electrons. The first-order chi connectivity index (χ1) is 14.3. The van der Waals surface area contributed by atoms with Crippen molar-refractivity contribution in [2.24, 2.45) is 0 Å². The van der Waals surface area contributed by atoms with Crippen LogP contribution in [0, 0.1) is 13.8 Å². The minimum absolute atomic E-state index is 0.208. The van der Waals surface area contributed by atoms with Gasteiger partial charge >= 0.3 is 0 Å². The number of pyridine rings is 2. The van der Waals surface area contributed by atoms with Crippen LogP contribution < -0.4 is 10.6 Å². The molecule has 6 nitrogen and oxygen atoms in total. The molecule has 0 saturated heterocycles. The van der Waals surface area contributed by atoms with Crippen molar-refractivity contribution in [3.05, 3.63) is 92.5 Å². The van der Waals surface area contributed by atoms with Crippen molar-refractivity contribution in [2.75, 3.05) is 0 Å². The van der Waals surface area contributed by atoms with Gasteiger partial charge < -0.3 is 10.6 Å². The summed E-state index contributed by atoms with van der Waals surface area (Å²) in [6.07, 6.45) is 0. The molecule has 30 heavy (non-hydrogen) atoms. The fourth-order valence-corrected chi connectivity index (χ4v) is 3.25. The van der Waals surface area contributed by atoms with E-state index in [0.717, 1.165) is 11.1 Å². The number of nitrogens with one attached hydrogen (secondary N) is 2. The van der Waals surface area contributed by atoms with Gasteiger partial charge in [-0.15, -0.1) is 0 Å². The Bertz CT molecular complexity index is 998. The molecule has 0 radical (unpaired) electrons. The number of carbonyl (C=O) groups is 2. The van der Waals surface area contributed by atoms with E-state index >= 15 is 0 Å². The van der Waals surface area contributed by atoms with Crippen molar-refractivity contribution in [1.82, 2.24) is 20.6 Å². The van der Waals surface area contributed by atoms with Gasteiger partial charge in [0, 0.05) is 13.1 Å². The Morgan fingerprint density at radius 1 is 0.700 bits per heavy atom. The van der Waals surface area contributed by atoms with Crippen LogP contribution in [0.2, 0.25) is 10.3 Å². The average Bonchev–Trinajstić information content (AvgIpc) is 2.71. The van der Waals surface area contributed by atoms with Gasteiger partial charge in [-0.2, -0.15) is 0 Å². The molecule has 8 heteroatoms. The number of halogens is 2. The van der Waals surface area contributed by atoms with Gasteiger partial charge in [0.25, 0.3) is 11.8 Å². The number of benzene rings is 1. The molecule has 2 amide bonds. The van der Waals surface area contributed by atoms with Crippen molar-refractivity contribution in [3.63, 3.8) is 0 Å². The first-order valence-electron chi connectivity index (χ1n) is 9.24. The summed E-state index contributed by atoms with van der Waals surface area (Å²) < 4.78 is 0. The summed E-state index contributed by atoms with van der Waals surface area (Å²) >= 11 is 11.7. The third-order valence-electron chi connectivity index (χ3n) is 4.52. The molecule has 0 unspecified atom stereocenters. The highest BCUT2D eigenvalue weighted by Gasteiger charge is 2.11. The predicted molar refractivity (Wildman–Crippen MR) is 117 cm³/mol. The number of aromatic nitrogens is 2. The minimum Gasteiger partial charge on any atom is -0.348 e. The lowest BCUT2D eigenvalue weighted by Gasteiger charge is -2.10. The SMILES string of the molecule is Cc1nc(Cl)ccc1C(=O)NCc1ccc(CNC(=O)c2ccc(Cl)nc2C)cc1. The lowest BCUT2D eigenvalue weighted by molar-refractivity contribution is 0.0941. The average molecular weight is 443 g/mol. The topological polar surface area (TPSA) is 84.0 Å². The number of carbonyl (C=O) groups excluding carboxylic acids is 2. The van der Waals surface area contributed by atoms with Gasteiger partial charge in [-0.1, -0.05) is 47.5 Å². The number of hydrogen-bond acceptors (Lipinski definition) is 4. The third-order valence-corrected chi connectivity index (χ3v) is 4.94. The molecule has 0 fully saturated rings. The zero-order valence-electron chi connectivity index (χ0n) is 16.5. The zero-order chi connectivity index (χ0) is 21.7. The first-order valence-corrected chi connectivity index (χ1v) is 9.99. The molecule has 0 bridgehead atoms. The number of hydrogen-bond donors (Lipinski definition) is 2. The lowest BCUT2D eigenvalue weighted by atomic mass is 10.1. The molecule has 2 aromatic heterocycles. The molecule has 2 N–H and O–H groups in total. The molecule has 0 aliphatic carbocycles. The largest absolute Gasteiger partial charge is 0.348 e. The lowest BCUT2D eigenvalue weighted by Crippen LogP contribution is -2.24. The van der Waals surface area contributed by atoms with Crippen molar-refractivity contribution < 1.29 is 9.59 Å². The standard InChI is InChI=1S/C22H20Cl2N4O2/c1-13-17(7-9-19(23)27-13)21(29)25-11-15-3-5-16(6-4-15)12-26-22(30)18-8-10-20(24)28-14(18)2/h3-10H,11-12H2,1-2H3,(H,25,29)(H,26,30). The van der Waals surface area contributed by atoms with Gasteiger partial charge in [0.2, 0.25) is 0 Å². The van der Waals surface area contributed by atoms with Crippen LogP contribution in [-0.2, 0) is 13.1 Å². The smallest absolute Gasteiger partial charge is 0.253 e. The van der Waals surface area contributed by atoms with E-state index in [1.807, 2.05) is 24.3 Å². The molecule has 0 saturated carbocycles. The molecular formula is C22H20Cl2N4O2. The van der Waals surface area contributed by atoms with Gasteiger partial charge in [-0.25, -0.2) is 9.97 Å². The van der Waals surface area contributed by atoms with Crippen molar-refractivity contribution >= 4 is 35.0 Å². The van der Waals surface area contributed by atoms with Crippen LogP contribution >= 0.6 is 23.2 Å². The zero-order valence-corrected chi connectivity index (χ0v) is 18.0. The van der Waals surface area contributed by atoms with Crippen LogP contribution in [0.4, 0.5) is 0 Å². The van der Waals surface area contributed by atoms with E-state index in [0.29, 0.717) is 45.9 Å². The van der Waals surface area contributed by atoms with Crippen LogP contribution in [0.3, 0.4) is 0 Å². The second-order valence-electron chi connectivity index (χ2n) is 6.72. The highest BCUT2D eigenvalue weighted by Crippen LogP contribution is 2.12. The maximum absolute atomic E-state index is 12.3. The Morgan fingerprint density at radius 3 is 1.40 bits per heavy atom. The summed E-state index contributed by atoms with van der Waals surface area (Å²) in [5, 5.41) is 6.45. The Balaban J connectivity index is 1.53. The Labute approximate surface area is 184 Å². The quantitative estimate of drug-likeness (QED) is 0.558. The predicted octanol–water partition coefficient (Wildman–Crippen LogP) is 4.26. The highest BCUT2D eigenvalue weighted by molar-refractivity contribution is 6.29. The molecule has 3 rings (SSSR count). The van der Waals surface area contributed by atoms with Gasteiger partial charge in [-0.05, 0) is 49.2 Å². The van der Waals surface area contributed by atoms with Gasteiger partial charge in [0.15, 0.2) is 0 Å². The summed E-state index contributed by atoms with van der Waals surface area (Å²) in [6, 6.07) is 14.1. The normalized spacial score (nSPS) is 10.5. The fraction of sp³-hybridized carbons (Fsp3) is 0.182. The van der Waals surface area contributed by atoms with Crippen LogP contribution in [0.5, 0.6) is 0 Å². The summed E-state index contributed by atoms with van der Waals surface area (Å²) in [4.78, 5) is 32.8. The highest BCUT2D eigenvalue weighted by atomic mass is 35.5. The van der Waals surface area contributed by atoms with Crippen LogP contribution in [0.1, 0.15) is 43.2 Å². The van der Waals surface area contributed by atoms with Crippen LogP contribution in [0.15, 0.2) is 48.5 Å². The number of rotatable bonds is 6. The molecule has 0 atom stereocenters. The van der Waals surface area contributed by atoms with E-state index in [2.05, 4.69) is 20.6 Å². The molecule has 3 aromatic rings. The molecule has 2 heterocycles. The molecule has 0 aliphatic rings. The van der Waals surface area contributed by atoms with Gasteiger partial charge in [-0.3, -0.25) is 9.59 Å². The summed E-state index contributed by atoms with van der Waals surface area (Å²) in [7, 11) is 0. The van der Waals surface area contributed by atoms with E-state index in [9.17, 15) is 9.59 Å². The maximum Gasteiger partial charge on any atom is 0.253 e. The molecule has 1 aromatic carbocycles. The molecule has 0 spiro atoms. The van der Waals surface area contributed by atoms with Crippen molar-refractivity contribution in [3.8, 4) is 0 Å². The van der Waals surface area contributed by atoms with Crippen molar-refractivity contribution in [2.45, 2.75) is 26.9 Å². The first kappa shape index (κ1) is 21.7. The van der Waals surface area contributed by atoms with E-state index in [1.54, 1.807) is 38.1 Å². The Kier molecular flexibility index (Phi) is 7.03. The van der Waals surface area contributed by atoms with E-state index in [4.69, 9.17) is 23.2 Å². The summed E-state index contributed by atoms with van der Waals surface area (Å²) in [5.74, 6) is -0.417. The van der Waals surface area contributed by atoms with Gasteiger partial charge in [0.1, 0.15) is 10.3 Å².